The minimum Gasteiger partial charge on any atom is -0.399 e. The second-order valence-corrected chi connectivity index (χ2v) is 3.25. The van der Waals surface area contributed by atoms with Crippen LogP contribution >= 0.6 is 0 Å². The van der Waals surface area contributed by atoms with Crippen molar-refractivity contribution in [3.63, 3.8) is 0 Å². The van der Waals surface area contributed by atoms with Gasteiger partial charge >= 0.3 is 0 Å². The molecule has 2 aromatic rings. The van der Waals surface area contributed by atoms with E-state index in [0.717, 1.165) is 16.9 Å². The van der Waals surface area contributed by atoms with Gasteiger partial charge in [0.2, 0.25) is 0 Å². The minimum absolute atomic E-state index is 0.542. The average Bonchev–Trinajstić information content (AvgIpc) is 2.73. The summed E-state index contributed by atoms with van der Waals surface area (Å²) in [7, 11) is 0. The Balaban J connectivity index is 2.02. The van der Waals surface area contributed by atoms with Crippen LogP contribution in [-0.2, 0) is 6.54 Å². The highest BCUT2D eigenvalue weighted by Gasteiger charge is 1.99. The summed E-state index contributed by atoms with van der Waals surface area (Å²) in [4.78, 5) is 0. The number of aromatic nitrogens is 4. The molecule has 0 atom stereocenters. The van der Waals surface area contributed by atoms with E-state index in [2.05, 4.69) is 25.9 Å². The van der Waals surface area contributed by atoms with Gasteiger partial charge in [0.1, 0.15) is 0 Å². The van der Waals surface area contributed by atoms with E-state index >= 15 is 0 Å². The predicted octanol–water partition coefficient (Wildman–Crippen LogP) is 0.702. The molecule has 1 aromatic carbocycles. The van der Waals surface area contributed by atoms with E-state index < -0.39 is 0 Å². The number of tetrazole rings is 1. The number of nitrogens with zero attached hydrogens (tertiary/aromatic N) is 3. The highest BCUT2D eigenvalue weighted by Crippen LogP contribution is 2.16. The molecule has 0 amide bonds. The Morgan fingerprint density at radius 1 is 1.47 bits per heavy atom. The second kappa shape index (κ2) is 3.95. The number of nitrogens with one attached hydrogen (secondary N) is 2. The second-order valence-electron chi connectivity index (χ2n) is 3.25. The molecule has 0 aliphatic rings. The van der Waals surface area contributed by atoms with Crippen molar-refractivity contribution in [2.45, 2.75) is 13.5 Å². The minimum atomic E-state index is 0.542. The van der Waals surface area contributed by atoms with Crippen molar-refractivity contribution in [2.24, 2.45) is 0 Å². The number of H-pyrrole nitrogens is 1. The van der Waals surface area contributed by atoms with Gasteiger partial charge in [0.05, 0.1) is 6.54 Å². The first-order valence-corrected chi connectivity index (χ1v) is 4.58. The zero-order valence-corrected chi connectivity index (χ0v) is 8.36. The zero-order chi connectivity index (χ0) is 10.7. The summed E-state index contributed by atoms with van der Waals surface area (Å²) in [5, 5.41) is 16.7. The summed E-state index contributed by atoms with van der Waals surface area (Å²) >= 11 is 0. The third kappa shape index (κ3) is 2.22. The van der Waals surface area contributed by atoms with Gasteiger partial charge in [-0.25, -0.2) is 0 Å². The van der Waals surface area contributed by atoms with Gasteiger partial charge in [-0.1, -0.05) is 5.21 Å². The molecule has 0 saturated heterocycles. The monoisotopic (exact) mass is 204 g/mol. The van der Waals surface area contributed by atoms with Crippen molar-refractivity contribution in [1.29, 1.82) is 0 Å². The molecule has 6 heteroatoms. The Hall–Kier alpha value is -2.11. The van der Waals surface area contributed by atoms with Crippen molar-refractivity contribution in [3.05, 3.63) is 29.6 Å². The molecule has 0 bridgehead atoms. The molecule has 0 radical (unpaired) electrons. The fourth-order valence-corrected chi connectivity index (χ4v) is 1.22. The SMILES string of the molecule is Cc1cc(NCc2nn[nH]n2)ccc1N. The number of nitrogen functional groups attached to an aromatic ring is 1. The number of hydrogen-bond donors (Lipinski definition) is 3. The van der Waals surface area contributed by atoms with Crippen LogP contribution in [0.3, 0.4) is 0 Å². The lowest BCUT2D eigenvalue weighted by Crippen LogP contribution is -2.02. The van der Waals surface area contributed by atoms with Gasteiger partial charge in [0.15, 0.2) is 5.82 Å². The molecule has 2 rings (SSSR count). The number of nitrogens with two attached hydrogens (primary N) is 1. The molecule has 15 heavy (non-hydrogen) atoms. The summed E-state index contributed by atoms with van der Waals surface area (Å²) in [5.74, 6) is 0.629. The maximum absolute atomic E-state index is 5.71. The lowest BCUT2D eigenvalue weighted by molar-refractivity contribution is 0.881. The third-order valence-corrected chi connectivity index (χ3v) is 2.11. The predicted molar refractivity (Wildman–Crippen MR) is 57.1 cm³/mol. The lowest BCUT2D eigenvalue weighted by Gasteiger charge is -2.06. The van der Waals surface area contributed by atoms with Crippen LogP contribution in [0.25, 0.3) is 0 Å². The number of benzene rings is 1. The van der Waals surface area contributed by atoms with E-state index in [1.807, 2.05) is 25.1 Å². The van der Waals surface area contributed by atoms with Crippen LogP contribution in [0.4, 0.5) is 11.4 Å². The molecule has 0 spiro atoms. The Morgan fingerprint density at radius 2 is 2.33 bits per heavy atom. The van der Waals surface area contributed by atoms with Gasteiger partial charge in [0, 0.05) is 11.4 Å². The van der Waals surface area contributed by atoms with Crippen LogP contribution in [0.1, 0.15) is 11.4 Å². The van der Waals surface area contributed by atoms with Crippen molar-refractivity contribution >= 4 is 11.4 Å². The number of aryl methyl sites for hydroxylation is 1. The normalized spacial score (nSPS) is 10.2. The molecule has 6 nitrogen and oxygen atoms in total. The van der Waals surface area contributed by atoms with Crippen LogP contribution in [0.5, 0.6) is 0 Å². The van der Waals surface area contributed by atoms with E-state index in [0.29, 0.717) is 12.4 Å². The smallest absolute Gasteiger partial charge is 0.193 e. The number of aromatic amines is 1. The van der Waals surface area contributed by atoms with E-state index in [9.17, 15) is 0 Å². The number of hydrogen-bond acceptors (Lipinski definition) is 5. The van der Waals surface area contributed by atoms with Gasteiger partial charge < -0.3 is 11.1 Å². The maximum atomic E-state index is 5.71. The highest BCUT2D eigenvalue weighted by atomic mass is 15.5. The zero-order valence-electron chi connectivity index (χ0n) is 8.36. The van der Waals surface area contributed by atoms with Gasteiger partial charge in [-0.2, -0.15) is 5.21 Å². The van der Waals surface area contributed by atoms with Gasteiger partial charge in [-0.3, -0.25) is 0 Å². The van der Waals surface area contributed by atoms with Crippen LogP contribution in [-0.4, -0.2) is 20.6 Å². The Morgan fingerprint density at radius 3 is 3.00 bits per heavy atom. The van der Waals surface area contributed by atoms with Crippen molar-refractivity contribution in [1.82, 2.24) is 20.6 Å². The fourth-order valence-electron chi connectivity index (χ4n) is 1.22. The first kappa shape index (κ1) is 9.45. The van der Waals surface area contributed by atoms with Crippen LogP contribution in [0.15, 0.2) is 18.2 Å². The van der Waals surface area contributed by atoms with Crippen molar-refractivity contribution in [3.8, 4) is 0 Å². The molecule has 0 aliphatic carbocycles. The first-order valence-electron chi connectivity index (χ1n) is 4.58. The first-order chi connectivity index (χ1) is 7.25. The van der Waals surface area contributed by atoms with E-state index in [4.69, 9.17) is 5.73 Å². The Kier molecular flexibility index (Phi) is 2.49. The summed E-state index contributed by atoms with van der Waals surface area (Å²) in [6.07, 6.45) is 0. The molecular weight excluding hydrogens is 192 g/mol. The van der Waals surface area contributed by atoms with E-state index in [-0.39, 0.29) is 0 Å². The van der Waals surface area contributed by atoms with E-state index in [1.54, 1.807) is 0 Å². The lowest BCUT2D eigenvalue weighted by atomic mass is 10.2. The average molecular weight is 204 g/mol. The van der Waals surface area contributed by atoms with E-state index in [1.165, 1.54) is 0 Å². The summed E-state index contributed by atoms with van der Waals surface area (Å²) in [6.45, 7) is 2.51. The fraction of sp³-hybridized carbons (Fsp3) is 0.222. The Labute approximate surface area is 86.9 Å². The Bertz CT molecular complexity index is 436. The standard InChI is InChI=1S/C9H12N6/c1-6-4-7(2-3-8(6)10)11-5-9-12-14-15-13-9/h2-4,11H,5,10H2,1H3,(H,12,13,14,15). The molecule has 1 aromatic heterocycles. The van der Waals surface area contributed by atoms with Crippen LogP contribution < -0.4 is 11.1 Å². The van der Waals surface area contributed by atoms with Gasteiger partial charge in [-0.05, 0) is 30.7 Å². The summed E-state index contributed by atoms with van der Waals surface area (Å²) < 4.78 is 0. The molecule has 0 saturated carbocycles. The largest absolute Gasteiger partial charge is 0.399 e. The number of anilines is 2. The van der Waals surface area contributed by atoms with Gasteiger partial charge in [-0.15, -0.1) is 10.2 Å². The van der Waals surface area contributed by atoms with Crippen LogP contribution in [0.2, 0.25) is 0 Å². The van der Waals surface area contributed by atoms with Gasteiger partial charge in [0.25, 0.3) is 0 Å². The molecule has 78 valence electrons. The summed E-state index contributed by atoms with van der Waals surface area (Å²) in [6, 6.07) is 5.77. The maximum Gasteiger partial charge on any atom is 0.193 e. The third-order valence-electron chi connectivity index (χ3n) is 2.11. The molecule has 0 unspecified atom stereocenters. The summed E-state index contributed by atoms with van der Waals surface area (Å²) in [5.41, 5.74) is 8.55. The van der Waals surface area contributed by atoms with Crippen molar-refractivity contribution in [2.75, 3.05) is 11.1 Å². The topological polar surface area (TPSA) is 92.5 Å². The molecule has 1 heterocycles. The molecule has 0 fully saturated rings. The quantitative estimate of drug-likeness (QED) is 0.640. The van der Waals surface area contributed by atoms with Crippen molar-refractivity contribution < 1.29 is 0 Å². The number of rotatable bonds is 3. The molecular formula is C9H12N6. The molecule has 4 N–H and O–H groups in total. The molecule has 0 aliphatic heterocycles. The highest BCUT2D eigenvalue weighted by molar-refractivity contribution is 5.56. The van der Waals surface area contributed by atoms with Crippen LogP contribution in [0, 0.1) is 6.92 Å².